The Morgan fingerprint density at radius 3 is 2.64 bits per heavy atom. The molecule has 0 aliphatic heterocycles. The quantitative estimate of drug-likeness (QED) is 0.825. The van der Waals surface area contributed by atoms with Crippen molar-refractivity contribution in [3.8, 4) is 0 Å². The highest BCUT2D eigenvalue weighted by molar-refractivity contribution is 6.31. The zero-order valence-corrected chi connectivity index (χ0v) is 9.73. The Hall–Kier alpha value is -0.890. The minimum Gasteiger partial charge on any atom is -0.383 e. The first-order chi connectivity index (χ1) is 6.65. The number of hydrogen-bond donors (Lipinski definition) is 1. The van der Waals surface area contributed by atoms with Crippen LogP contribution in [-0.2, 0) is 0 Å². The van der Waals surface area contributed by atoms with Crippen LogP contribution in [0.3, 0.4) is 0 Å². The van der Waals surface area contributed by atoms with Crippen LogP contribution in [0.25, 0.3) is 0 Å². The largest absolute Gasteiger partial charge is 0.383 e. The second-order valence-corrected chi connectivity index (χ2v) is 3.92. The van der Waals surface area contributed by atoms with Crippen LogP contribution < -0.4 is 10.2 Å². The lowest BCUT2D eigenvalue weighted by Gasteiger charge is -2.18. The summed E-state index contributed by atoms with van der Waals surface area (Å²) in [6.07, 6.45) is 1.11. The van der Waals surface area contributed by atoms with Gasteiger partial charge in [-0.3, -0.25) is 0 Å². The van der Waals surface area contributed by atoms with Crippen molar-refractivity contribution in [2.24, 2.45) is 0 Å². The number of rotatable bonds is 4. The van der Waals surface area contributed by atoms with Gasteiger partial charge in [-0.05, 0) is 24.6 Å². The first-order valence-corrected chi connectivity index (χ1v) is 5.23. The van der Waals surface area contributed by atoms with Crippen molar-refractivity contribution in [1.82, 2.24) is 0 Å². The molecule has 0 unspecified atom stereocenters. The number of benzene rings is 1. The summed E-state index contributed by atoms with van der Waals surface area (Å²) in [7, 11) is 4.06. The summed E-state index contributed by atoms with van der Waals surface area (Å²) in [5, 5.41) is 4.13. The van der Waals surface area contributed by atoms with Gasteiger partial charge in [-0.25, -0.2) is 0 Å². The average molecular weight is 213 g/mol. The monoisotopic (exact) mass is 212 g/mol. The zero-order valence-electron chi connectivity index (χ0n) is 8.97. The number of hydrogen-bond acceptors (Lipinski definition) is 2. The fourth-order valence-corrected chi connectivity index (χ4v) is 1.47. The molecule has 1 N–H and O–H groups in total. The number of anilines is 2. The Kier molecular flexibility index (Phi) is 4.08. The van der Waals surface area contributed by atoms with E-state index < -0.39 is 0 Å². The van der Waals surface area contributed by atoms with Gasteiger partial charge in [-0.15, -0.1) is 0 Å². The third kappa shape index (κ3) is 2.81. The fourth-order valence-electron chi connectivity index (χ4n) is 1.30. The molecule has 1 rings (SSSR count). The number of halogens is 1. The van der Waals surface area contributed by atoms with Gasteiger partial charge in [0.05, 0.1) is 11.4 Å². The van der Waals surface area contributed by atoms with E-state index >= 15 is 0 Å². The van der Waals surface area contributed by atoms with Crippen molar-refractivity contribution in [3.63, 3.8) is 0 Å². The van der Waals surface area contributed by atoms with E-state index in [1.807, 2.05) is 32.3 Å². The molecule has 78 valence electrons. The van der Waals surface area contributed by atoms with E-state index in [0.717, 1.165) is 23.7 Å². The third-order valence-electron chi connectivity index (χ3n) is 2.01. The Morgan fingerprint density at radius 2 is 2.07 bits per heavy atom. The molecule has 0 heterocycles. The van der Waals surface area contributed by atoms with Gasteiger partial charge in [-0.1, -0.05) is 18.5 Å². The molecule has 1 aromatic carbocycles. The van der Waals surface area contributed by atoms with E-state index in [1.54, 1.807) is 0 Å². The van der Waals surface area contributed by atoms with Crippen molar-refractivity contribution in [2.45, 2.75) is 13.3 Å². The highest BCUT2D eigenvalue weighted by Crippen LogP contribution is 2.27. The average Bonchev–Trinajstić information content (AvgIpc) is 2.14. The molecule has 2 nitrogen and oxygen atoms in total. The second-order valence-electron chi connectivity index (χ2n) is 3.48. The Balaban J connectivity index is 2.91. The Bertz CT molecular complexity index is 297. The minimum atomic E-state index is 0.772. The van der Waals surface area contributed by atoms with Gasteiger partial charge >= 0.3 is 0 Å². The molecular formula is C11H17ClN2. The number of nitrogens with one attached hydrogen (secondary N) is 1. The van der Waals surface area contributed by atoms with Gasteiger partial charge in [0.2, 0.25) is 0 Å². The van der Waals surface area contributed by atoms with Crippen molar-refractivity contribution in [1.29, 1.82) is 0 Å². The molecule has 0 aliphatic carbocycles. The topological polar surface area (TPSA) is 15.3 Å². The van der Waals surface area contributed by atoms with E-state index in [1.165, 1.54) is 5.69 Å². The van der Waals surface area contributed by atoms with Gasteiger partial charge in [0.1, 0.15) is 0 Å². The van der Waals surface area contributed by atoms with Crippen LogP contribution in [0.4, 0.5) is 11.4 Å². The number of nitrogens with zero attached hydrogens (tertiary/aromatic N) is 1. The Morgan fingerprint density at radius 1 is 1.36 bits per heavy atom. The molecule has 0 saturated heterocycles. The van der Waals surface area contributed by atoms with Gasteiger partial charge in [0.15, 0.2) is 0 Å². The summed E-state index contributed by atoms with van der Waals surface area (Å²) in [5.41, 5.74) is 2.27. The summed E-state index contributed by atoms with van der Waals surface area (Å²) < 4.78 is 0. The molecule has 1 aromatic rings. The van der Waals surface area contributed by atoms with E-state index in [4.69, 9.17) is 11.6 Å². The first-order valence-electron chi connectivity index (χ1n) is 4.86. The molecule has 14 heavy (non-hydrogen) atoms. The lowest BCUT2D eigenvalue weighted by Crippen LogP contribution is -2.12. The highest BCUT2D eigenvalue weighted by atomic mass is 35.5. The van der Waals surface area contributed by atoms with Crippen LogP contribution in [0.15, 0.2) is 18.2 Å². The van der Waals surface area contributed by atoms with Crippen LogP contribution in [0.5, 0.6) is 0 Å². The predicted molar refractivity (Wildman–Crippen MR) is 64.6 cm³/mol. The summed E-state index contributed by atoms with van der Waals surface area (Å²) >= 11 is 5.94. The van der Waals surface area contributed by atoms with Crippen molar-refractivity contribution in [2.75, 3.05) is 30.9 Å². The normalized spacial score (nSPS) is 10.0. The van der Waals surface area contributed by atoms with Crippen molar-refractivity contribution < 1.29 is 0 Å². The van der Waals surface area contributed by atoms with Gasteiger partial charge in [-0.2, -0.15) is 0 Å². The molecule has 3 heteroatoms. The van der Waals surface area contributed by atoms with E-state index in [9.17, 15) is 0 Å². The van der Waals surface area contributed by atoms with E-state index in [0.29, 0.717) is 0 Å². The van der Waals surface area contributed by atoms with Crippen molar-refractivity contribution in [3.05, 3.63) is 23.2 Å². The summed E-state index contributed by atoms with van der Waals surface area (Å²) in [5.74, 6) is 0. The first kappa shape index (κ1) is 11.2. The zero-order chi connectivity index (χ0) is 10.6. The van der Waals surface area contributed by atoms with Crippen LogP contribution in [0.1, 0.15) is 13.3 Å². The summed E-state index contributed by atoms with van der Waals surface area (Å²) in [6, 6.07) is 5.90. The summed E-state index contributed by atoms with van der Waals surface area (Å²) in [6.45, 7) is 3.12. The summed E-state index contributed by atoms with van der Waals surface area (Å²) in [4.78, 5) is 2.08. The molecule has 0 atom stereocenters. The molecule has 0 bridgehead atoms. The molecule has 0 spiro atoms. The lowest BCUT2D eigenvalue weighted by atomic mass is 10.2. The maximum absolute atomic E-state index is 5.94. The SMILES string of the molecule is CCCNc1cc(Cl)ccc1N(C)C. The third-order valence-corrected chi connectivity index (χ3v) is 2.24. The van der Waals surface area contributed by atoms with Gasteiger partial charge in [0.25, 0.3) is 0 Å². The smallest absolute Gasteiger partial charge is 0.0597 e. The second kappa shape index (κ2) is 5.11. The van der Waals surface area contributed by atoms with Crippen LogP contribution in [0.2, 0.25) is 5.02 Å². The van der Waals surface area contributed by atoms with E-state index in [-0.39, 0.29) is 0 Å². The Labute approximate surface area is 90.9 Å². The minimum absolute atomic E-state index is 0.772. The van der Waals surface area contributed by atoms with Gasteiger partial charge < -0.3 is 10.2 Å². The molecular weight excluding hydrogens is 196 g/mol. The molecule has 0 aromatic heterocycles. The van der Waals surface area contributed by atoms with Crippen LogP contribution in [0, 0.1) is 0 Å². The maximum Gasteiger partial charge on any atom is 0.0597 e. The molecule has 0 aliphatic rings. The molecule has 0 saturated carbocycles. The van der Waals surface area contributed by atoms with E-state index in [2.05, 4.69) is 17.1 Å². The van der Waals surface area contributed by atoms with Crippen molar-refractivity contribution >= 4 is 23.0 Å². The molecule has 0 fully saturated rings. The molecule has 0 amide bonds. The fraction of sp³-hybridized carbons (Fsp3) is 0.455. The lowest BCUT2D eigenvalue weighted by molar-refractivity contribution is 0.976. The predicted octanol–water partition coefficient (Wildman–Crippen LogP) is 3.23. The van der Waals surface area contributed by atoms with Crippen LogP contribution in [-0.4, -0.2) is 20.6 Å². The highest BCUT2D eigenvalue weighted by Gasteiger charge is 2.03. The van der Waals surface area contributed by atoms with Crippen LogP contribution >= 0.6 is 11.6 Å². The standard InChI is InChI=1S/C11H17ClN2/c1-4-7-13-10-8-9(12)5-6-11(10)14(2)3/h5-6,8,13H,4,7H2,1-3H3. The van der Waals surface area contributed by atoms with Gasteiger partial charge in [0, 0.05) is 25.7 Å². The molecule has 0 radical (unpaired) electrons. The maximum atomic E-state index is 5.94.